The number of aliphatic hydroxyl groups is 1. The van der Waals surface area contributed by atoms with E-state index < -0.39 is 27.0 Å². The van der Waals surface area contributed by atoms with Gasteiger partial charge in [-0.15, -0.1) is 0 Å². The Morgan fingerprint density at radius 1 is 1.22 bits per heavy atom. The number of halogens is 1. The molecule has 5 heteroatoms. The Bertz CT molecular complexity index is 510. The molecular formula is C13H17FO3S. The van der Waals surface area contributed by atoms with Crippen molar-refractivity contribution in [2.24, 2.45) is 5.92 Å². The highest BCUT2D eigenvalue weighted by molar-refractivity contribution is 7.92. The predicted molar refractivity (Wildman–Crippen MR) is 66.4 cm³/mol. The van der Waals surface area contributed by atoms with Gasteiger partial charge in [-0.2, -0.15) is 0 Å². The third kappa shape index (κ3) is 2.57. The van der Waals surface area contributed by atoms with Crippen molar-refractivity contribution in [2.45, 2.75) is 42.4 Å². The van der Waals surface area contributed by atoms with Crippen LogP contribution in [0, 0.1) is 11.7 Å². The fourth-order valence-electron chi connectivity index (χ4n) is 2.45. The van der Waals surface area contributed by atoms with Gasteiger partial charge in [-0.1, -0.05) is 6.92 Å². The van der Waals surface area contributed by atoms with E-state index in [1.807, 2.05) is 6.92 Å². The molecule has 1 aromatic rings. The molecule has 2 rings (SSSR count). The van der Waals surface area contributed by atoms with Gasteiger partial charge >= 0.3 is 0 Å². The normalized spacial score (nSPS) is 29.2. The third-order valence-electron chi connectivity index (χ3n) is 3.56. The first kappa shape index (κ1) is 13.5. The van der Waals surface area contributed by atoms with Crippen molar-refractivity contribution >= 4 is 9.84 Å². The molecule has 0 aromatic heterocycles. The fraction of sp³-hybridized carbons (Fsp3) is 0.538. The van der Waals surface area contributed by atoms with Crippen LogP contribution in [0.5, 0.6) is 0 Å². The van der Waals surface area contributed by atoms with Crippen LogP contribution in [0.25, 0.3) is 0 Å². The summed E-state index contributed by atoms with van der Waals surface area (Å²) < 4.78 is 37.6. The molecular weight excluding hydrogens is 255 g/mol. The summed E-state index contributed by atoms with van der Waals surface area (Å²) in [5, 5.41) is 9.11. The molecule has 3 atom stereocenters. The van der Waals surface area contributed by atoms with Crippen LogP contribution in [-0.4, -0.2) is 24.9 Å². The maximum Gasteiger partial charge on any atom is 0.183 e. The number of rotatable bonds is 2. The lowest BCUT2D eigenvalue weighted by atomic mass is 9.88. The Hall–Kier alpha value is -0.940. The summed E-state index contributed by atoms with van der Waals surface area (Å²) in [6.45, 7) is 1.99. The Balaban J connectivity index is 2.32. The standard InChI is InChI=1S/C13H17FO3S/c1-9-2-7-12(15)13(8-9)18(16,17)11-5-3-10(14)4-6-11/h3-6,9,12-13,15H,2,7-8H2,1H3. The van der Waals surface area contributed by atoms with Crippen molar-refractivity contribution in [3.8, 4) is 0 Å². The third-order valence-corrected chi connectivity index (χ3v) is 5.79. The molecule has 18 heavy (non-hydrogen) atoms. The maximum atomic E-state index is 12.8. The Kier molecular flexibility index (Phi) is 3.73. The second-order valence-corrected chi connectivity index (χ2v) is 7.19. The van der Waals surface area contributed by atoms with Gasteiger partial charge in [-0.05, 0) is 49.4 Å². The molecule has 1 fully saturated rings. The van der Waals surface area contributed by atoms with Crippen molar-refractivity contribution < 1.29 is 17.9 Å². The molecule has 3 nitrogen and oxygen atoms in total. The van der Waals surface area contributed by atoms with Crippen LogP contribution in [-0.2, 0) is 9.84 Å². The molecule has 0 heterocycles. The van der Waals surface area contributed by atoms with E-state index in [1.165, 1.54) is 12.1 Å². The molecule has 0 spiro atoms. The van der Waals surface area contributed by atoms with Gasteiger partial charge in [-0.25, -0.2) is 12.8 Å². The second kappa shape index (κ2) is 4.97. The smallest absolute Gasteiger partial charge is 0.183 e. The molecule has 3 unspecified atom stereocenters. The molecule has 1 saturated carbocycles. The summed E-state index contributed by atoms with van der Waals surface area (Å²) in [5.41, 5.74) is 0. The molecule has 1 N–H and O–H groups in total. The minimum absolute atomic E-state index is 0.0852. The predicted octanol–water partition coefficient (Wildman–Crippen LogP) is 2.15. The zero-order valence-corrected chi connectivity index (χ0v) is 11.0. The number of benzene rings is 1. The highest BCUT2D eigenvalue weighted by atomic mass is 32.2. The minimum atomic E-state index is -3.58. The van der Waals surface area contributed by atoms with Crippen LogP contribution in [0.15, 0.2) is 29.2 Å². The number of aliphatic hydroxyl groups excluding tert-OH is 1. The Morgan fingerprint density at radius 3 is 2.44 bits per heavy atom. The van der Waals surface area contributed by atoms with E-state index >= 15 is 0 Å². The molecule has 0 aliphatic heterocycles. The van der Waals surface area contributed by atoms with Gasteiger partial charge in [0.15, 0.2) is 9.84 Å². The van der Waals surface area contributed by atoms with E-state index in [0.717, 1.165) is 18.6 Å². The lowest BCUT2D eigenvalue weighted by Gasteiger charge is -2.31. The number of sulfone groups is 1. The average Bonchev–Trinajstić information content (AvgIpc) is 2.32. The van der Waals surface area contributed by atoms with Gasteiger partial charge in [0.2, 0.25) is 0 Å². The van der Waals surface area contributed by atoms with Crippen LogP contribution >= 0.6 is 0 Å². The van der Waals surface area contributed by atoms with Gasteiger partial charge in [0.25, 0.3) is 0 Å². The van der Waals surface area contributed by atoms with E-state index in [4.69, 9.17) is 0 Å². The molecule has 100 valence electrons. The molecule has 1 aromatic carbocycles. The van der Waals surface area contributed by atoms with Crippen LogP contribution < -0.4 is 0 Å². The molecule has 1 aliphatic carbocycles. The average molecular weight is 272 g/mol. The monoisotopic (exact) mass is 272 g/mol. The summed E-state index contributed by atoms with van der Waals surface area (Å²) >= 11 is 0. The van der Waals surface area contributed by atoms with Crippen molar-refractivity contribution in [3.63, 3.8) is 0 Å². The SMILES string of the molecule is CC1CCC(O)C(S(=O)(=O)c2ccc(F)cc2)C1. The van der Waals surface area contributed by atoms with Crippen molar-refractivity contribution in [1.82, 2.24) is 0 Å². The largest absolute Gasteiger partial charge is 0.392 e. The number of hydrogen-bond donors (Lipinski definition) is 1. The highest BCUT2D eigenvalue weighted by Crippen LogP contribution is 2.32. The fourth-order valence-corrected chi connectivity index (χ4v) is 4.44. The first-order valence-corrected chi connectivity index (χ1v) is 7.63. The quantitative estimate of drug-likeness (QED) is 0.839. The highest BCUT2D eigenvalue weighted by Gasteiger charge is 2.37. The summed E-state index contributed by atoms with van der Waals surface area (Å²) in [6.07, 6.45) is 0.986. The van der Waals surface area contributed by atoms with Gasteiger partial charge in [0.1, 0.15) is 5.82 Å². The van der Waals surface area contributed by atoms with Gasteiger partial charge < -0.3 is 5.11 Å². The topological polar surface area (TPSA) is 54.4 Å². The first-order valence-electron chi connectivity index (χ1n) is 6.09. The molecule has 1 aliphatic rings. The van der Waals surface area contributed by atoms with Gasteiger partial charge in [0, 0.05) is 0 Å². The van der Waals surface area contributed by atoms with Crippen LogP contribution in [0.2, 0.25) is 0 Å². The molecule has 0 bridgehead atoms. The van der Waals surface area contributed by atoms with Crippen molar-refractivity contribution in [2.75, 3.05) is 0 Å². The summed E-state index contributed by atoms with van der Waals surface area (Å²) in [6, 6.07) is 4.78. The summed E-state index contributed by atoms with van der Waals surface area (Å²) in [5.74, 6) is -0.180. The lowest BCUT2D eigenvalue weighted by Crippen LogP contribution is -2.39. The lowest BCUT2D eigenvalue weighted by molar-refractivity contribution is 0.116. The van der Waals surface area contributed by atoms with Crippen LogP contribution in [0.3, 0.4) is 0 Å². The first-order chi connectivity index (χ1) is 8.41. The summed E-state index contributed by atoms with van der Waals surface area (Å²) in [4.78, 5) is 0.0852. The Labute approximate surface area is 107 Å². The maximum absolute atomic E-state index is 12.8. The van der Waals surface area contributed by atoms with Crippen LogP contribution in [0.4, 0.5) is 4.39 Å². The molecule has 0 amide bonds. The Morgan fingerprint density at radius 2 is 1.83 bits per heavy atom. The van der Waals surface area contributed by atoms with E-state index in [0.29, 0.717) is 12.8 Å². The molecule has 0 saturated heterocycles. The summed E-state index contributed by atoms with van der Waals surface area (Å²) in [7, 11) is -3.58. The van der Waals surface area contributed by atoms with E-state index in [-0.39, 0.29) is 10.8 Å². The minimum Gasteiger partial charge on any atom is -0.392 e. The van der Waals surface area contributed by atoms with E-state index in [1.54, 1.807) is 0 Å². The van der Waals surface area contributed by atoms with Gasteiger partial charge in [0.05, 0.1) is 16.2 Å². The van der Waals surface area contributed by atoms with Crippen molar-refractivity contribution in [1.29, 1.82) is 0 Å². The number of hydrogen-bond acceptors (Lipinski definition) is 3. The van der Waals surface area contributed by atoms with Gasteiger partial charge in [-0.3, -0.25) is 0 Å². The second-order valence-electron chi connectivity index (χ2n) is 5.02. The van der Waals surface area contributed by atoms with Crippen molar-refractivity contribution in [3.05, 3.63) is 30.1 Å². The molecule has 0 radical (unpaired) electrons. The zero-order valence-electron chi connectivity index (χ0n) is 10.2. The zero-order chi connectivity index (χ0) is 13.3. The van der Waals surface area contributed by atoms with E-state index in [2.05, 4.69) is 0 Å². The van der Waals surface area contributed by atoms with E-state index in [9.17, 15) is 17.9 Å². The van der Waals surface area contributed by atoms with Crippen LogP contribution in [0.1, 0.15) is 26.2 Å².